The van der Waals surface area contributed by atoms with Crippen LogP contribution in [0.25, 0.3) is 0 Å². The molecule has 3 atom stereocenters. The lowest BCUT2D eigenvalue weighted by molar-refractivity contribution is -0.171. The Balaban J connectivity index is 2.19. The lowest BCUT2D eigenvalue weighted by atomic mass is 9.56. The highest BCUT2D eigenvalue weighted by Gasteiger charge is 2.53. The second-order valence-electron chi connectivity index (χ2n) is 6.02. The molecule has 98 valence electrons. The van der Waals surface area contributed by atoms with E-state index in [9.17, 15) is 9.90 Å². The van der Waals surface area contributed by atoms with Gasteiger partial charge in [0.15, 0.2) is 0 Å². The molecule has 0 amide bonds. The molecular formula is C14H24O3. The second kappa shape index (κ2) is 4.60. The smallest absolute Gasteiger partial charge is 0.312 e. The zero-order chi connectivity index (χ0) is 12.5. The van der Waals surface area contributed by atoms with E-state index in [0.717, 1.165) is 38.5 Å². The fourth-order valence-electron chi connectivity index (χ4n) is 3.71. The summed E-state index contributed by atoms with van der Waals surface area (Å²) in [5.41, 5.74) is -0.867. The normalized spacial score (nSPS) is 41.7. The van der Waals surface area contributed by atoms with Crippen LogP contribution >= 0.6 is 0 Å². The van der Waals surface area contributed by atoms with Crippen LogP contribution in [0, 0.1) is 11.3 Å². The number of hydrogen-bond acceptors (Lipinski definition) is 3. The van der Waals surface area contributed by atoms with Gasteiger partial charge in [0.05, 0.1) is 17.6 Å². The SMILES string of the molecule is CCOC(=O)C12CCCCC1CC(C)(O)CC2. The first-order chi connectivity index (χ1) is 8.00. The summed E-state index contributed by atoms with van der Waals surface area (Å²) in [5.74, 6) is 0.305. The van der Waals surface area contributed by atoms with Crippen LogP contribution in [0.15, 0.2) is 0 Å². The minimum Gasteiger partial charge on any atom is -0.466 e. The third kappa shape index (κ3) is 2.35. The van der Waals surface area contributed by atoms with Crippen molar-refractivity contribution in [1.82, 2.24) is 0 Å². The van der Waals surface area contributed by atoms with E-state index in [1.54, 1.807) is 0 Å². The van der Waals surface area contributed by atoms with Gasteiger partial charge in [-0.2, -0.15) is 0 Å². The molecular weight excluding hydrogens is 216 g/mol. The van der Waals surface area contributed by atoms with Gasteiger partial charge in [0, 0.05) is 0 Å². The number of carbonyl (C=O) groups is 1. The Bertz CT molecular complexity index is 298. The van der Waals surface area contributed by atoms with Gasteiger partial charge in [-0.1, -0.05) is 12.8 Å². The van der Waals surface area contributed by atoms with E-state index in [4.69, 9.17) is 4.74 Å². The molecule has 1 N–H and O–H groups in total. The molecule has 0 aromatic carbocycles. The average Bonchev–Trinajstić information content (AvgIpc) is 2.28. The van der Waals surface area contributed by atoms with Gasteiger partial charge in [-0.15, -0.1) is 0 Å². The van der Waals surface area contributed by atoms with Crippen molar-refractivity contribution in [3.63, 3.8) is 0 Å². The van der Waals surface area contributed by atoms with Crippen molar-refractivity contribution in [1.29, 1.82) is 0 Å². The van der Waals surface area contributed by atoms with Crippen molar-refractivity contribution in [2.24, 2.45) is 11.3 Å². The van der Waals surface area contributed by atoms with Crippen molar-refractivity contribution >= 4 is 5.97 Å². The van der Waals surface area contributed by atoms with Crippen molar-refractivity contribution in [2.75, 3.05) is 6.61 Å². The Morgan fingerprint density at radius 3 is 2.82 bits per heavy atom. The van der Waals surface area contributed by atoms with Crippen molar-refractivity contribution in [3.05, 3.63) is 0 Å². The summed E-state index contributed by atoms with van der Waals surface area (Å²) < 4.78 is 5.29. The zero-order valence-electron chi connectivity index (χ0n) is 11.0. The maximum absolute atomic E-state index is 12.3. The monoisotopic (exact) mass is 240 g/mol. The molecule has 0 bridgehead atoms. The fourth-order valence-corrected chi connectivity index (χ4v) is 3.71. The maximum Gasteiger partial charge on any atom is 0.312 e. The van der Waals surface area contributed by atoms with Gasteiger partial charge in [-0.05, 0) is 51.9 Å². The molecule has 2 aliphatic carbocycles. The molecule has 0 aliphatic heterocycles. The largest absolute Gasteiger partial charge is 0.466 e. The topological polar surface area (TPSA) is 46.5 Å². The van der Waals surface area contributed by atoms with E-state index >= 15 is 0 Å². The molecule has 17 heavy (non-hydrogen) atoms. The van der Waals surface area contributed by atoms with Crippen LogP contribution in [0.1, 0.15) is 58.8 Å². The molecule has 3 heteroatoms. The van der Waals surface area contributed by atoms with E-state index in [1.165, 1.54) is 6.42 Å². The van der Waals surface area contributed by atoms with E-state index in [2.05, 4.69) is 0 Å². The molecule has 2 aliphatic rings. The standard InChI is InChI=1S/C14H24O3/c1-3-17-12(15)14-7-5-4-6-11(14)10-13(2,16)8-9-14/h11,16H,3-10H2,1-2H3. The first-order valence-corrected chi connectivity index (χ1v) is 6.90. The molecule has 3 unspecified atom stereocenters. The summed E-state index contributed by atoms with van der Waals surface area (Å²) in [7, 11) is 0. The van der Waals surface area contributed by atoms with Crippen LogP contribution in [0.5, 0.6) is 0 Å². The van der Waals surface area contributed by atoms with Gasteiger partial charge >= 0.3 is 5.97 Å². The average molecular weight is 240 g/mol. The third-order valence-corrected chi connectivity index (χ3v) is 4.68. The van der Waals surface area contributed by atoms with E-state index in [-0.39, 0.29) is 11.4 Å². The lowest BCUT2D eigenvalue weighted by Gasteiger charge is -2.49. The molecule has 0 aromatic rings. The first-order valence-electron chi connectivity index (χ1n) is 6.90. The number of carbonyl (C=O) groups excluding carboxylic acids is 1. The van der Waals surface area contributed by atoms with Crippen LogP contribution in [-0.4, -0.2) is 23.3 Å². The highest BCUT2D eigenvalue weighted by molar-refractivity contribution is 5.77. The van der Waals surface area contributed by atoms with Crippen LogP contribution in [0.2, 0.25) is 0 Å². The minimum absolute atomic E-state index is 0.0137. The molecule has 0 saturated heterocycles. The van der Waals surface area contributed by atoms with E-state index in [1.807, 2.05) is 13.8 Å². The Kier molecular flexibility index (Phi) is 3.48. The van der Waals surface area contributed by atoms with Crippen LogP contribution < -0.4 is 0 Å². The van der Waals surface area contributed by atoms with Crippen molar-refractivity contribution in [3.8, 4) is 0 Å². The summed E-state index contributed by atoms with van der Waals surface area (Å²) >= 11 is 0. The summed E-state index contributed by atoms with van der Waals surface area (Å²) in [6, 6.07) is 0. The predicted molar refractivity (Wildman–Crippen MR) is 65.5 cm³/mol. The van der Waals surface area contributed by atoms with Gasteiger partial charge in [0.1, 0.15) is 0 Å². The maximum atomic E-state index is 12.3. The number of fused-ring (bicyclic) bond motifs is 1. The number of rotatable bonds is 2. The summed E-state index contributed by atoms with van der Waals surface area (Å²) in [4.78, 5) is 12.3. The van der Waals surface area contributed by atoms with Gasteiger partial charge in [0.2, 0.25) is 0 Å². The Morgan fingerprint density at radius 2 is 2.12 bits per heavy atom. The van der Waals surface area contributed by atoms with Gasteiger partial charge in [-0.25, -0.2) is 0 Å². The Hall–Kier alpha value is -0.570. The fraction of sp³-hybridized carbons (Fsp3) is 0.929. The molecule has 3 nitrogen and oxygen atoms in total. The van der Waals surface area contributed by atoms with Crippen LogP contribution in [0.4, 0.5) is 0 Å². The quantitative estimate of drug-likeness (QED) is 0.755. The number of esters is 1. The van der Waals surface area contributed by atoms with E-state index in [0.29, 0.717) is 12.5 Å². The number of hydrogen-bond donors (Lipinski definition) is 1. The number of aliphatic hydroxyl groups is 1. The highest BCUT2D eigenvalue weighted by Crippen LogP contribution is 2.53. The minimum atomic E-state index is -0.585. The molecule has 2 fully saturated rings. The first kappa shape index (κ1) is 12.9. The van der Waals surface area contributed by atoms with Gasteiger partial charge in [-0.3, -0.25) is 4.79 Å². The molecule has 0 radical (unpaired) electrons. The number of ether oxygens (including phenoxy) is 1. The molecule has 0 heterocycles. The second-order valence-corrected chi connectivity index (χ2v) is 6.02. The third-order valence-electron chi connectivity index (χ3n) is 4.68. The predicted octanol–water partition coefficient (Wildman–Crippen LogP) is 2.66. The van der Waals surface area contributed by atoms with E-state index < -0.39 is 5.60 Å². The van der Waals surface area contributed by atoms with Gasteiger partial charge < -0.3 is 9.84 Å². The summed E-state index contributed by atoms with van der Waals surface area (Å²) in [6.45, 7) is 4.23. The van der Waals surface area contributed by atoms with Crippen molar-refractivity contribution in [2.45, 2.75) is 64.4 Å². The zero-order valence-corrected chi connectivity index (χ0v) is 11.0. The summed E-state index contributed by atoms with van der Waals surface area (Å²) in [5, 5.41) is 10.2. The van der Waals surface area contributed by atoms with Gasteiger partial charge in [0.25, 0.3) is 0 Å². The highest BCUT2D eigenvalue weighted by atomic mass is 16.5. The molecule has 0 spiro atoms. The lowest BCUT2D eigenvalue weighted by Crippen LogP contribution is -2.50. The summed E-state index contributed by atoms with van der Waals surface area (Å²) in [6.07, 6.45) is 6.60. The Labute approximate surface area is 104 Å². The van der Waals surface area contributed by atoms with Crippen molar-refractivity contribution < 1.29 is 14.6 Å². The van der Waals surface area contributed by atoms with Crippen LogP contribution in [-0.2, 0) is 9.53 Å². The molecule has 2 rings (SSSR count). The Morgan fingerprint density at radius 1 is 1.35 bits per heavy atom. The molecule has 2 saturated carbocycles. The van der Waals surface area contributed by atoms with Crippen LogP contribution in [0.3, 0.4) is 0 Å². The molecule has 0 aromatic heterocycles.